The van der Waals surface area contributed by atoms with Gasteiger partial charge in [-0.05, 0) is 68.3 Å². The molecule has 11 heteroatoms. The van der Waals surface area contributed by atoms with E-state index < -0.39 is 35.1 Å². The number of aryl methyl sites for hydroxylation is 1. The van der Waals surface area contributed by atoms with Gasteiger partial charge in [0.05, 0.1) is 36.9 Å². The normalized spacial score (nSPS) is 13.8. The molecule has 228 valence electrons. The van der Waals surface area contributed by atoms with Gasteiger partial charge >= 0.3 is 18.3 Å². The molecule has 0 saturated heterocycles. The van der Waals surface area contributed by atoms with Crippen molar-refractivity contribution in [1.29, 1.82) is 0 Å². The first-order chi connectivity index (χ1) is 19.7. The van der Waals surface area contributed by atoms with Crippen LogP contribution >= 0.6 is 0 Å². The Hall–Kier alpha value is -3.70. The Labute approximate surface area is 240 Å². The lowest BCUT2D eigenvalue weighted by Gasteiger charge is -2.30. The van der Waals surface area contributed by atoms with Crippen molar-refractivity contribution in [3.63, 3.8) is 0 Å². The molecule has 0 fully saturated rings. The quantitative estimate of drug-likeness (QED) is 0.152. The van der Waals surface area contributed by atoms with Crippen LogP contribution in [-0.4, -0.2) is 32.5 Å². The number of carbonyl (C=O) groups excluding carboxylic acids is 2. The highest BCUT2D eigenvalue weighted by Gasteiger charge is 2.38. The smallest absolute Gasteiger partial charge is 0.416 e. The molecule has 0 aliphatic carbocycles. The first-order valence-electron chi connectivity index (χ1n) is 13.0. The fourth-order valence-corrected chi connectivity index (χ4v) is 3.94. The van der Waals surface area contributed by atoms with Crippen LogP contribution in [0.2, 0.25) is 0 Å². The number of esters is 1. The van der Waals surface area contributed by atoms with Gasteiger partial charge in [-0.1, -0.05) is 54.6 Å². The van der Waals surface area contributed by atoms with Gasteiger partial charge in [0, 0.05) is 0 Å². The van der Waals surface area contributed by atoms with Crippen LogP contribution in [0.4, 0.5) is 26.3 Å². The van der Waals surface area contributed by atoms with Crippen molar-refractivity contribution in [2.24, 2.45) is 0 Å². The second-order valence-electron chi connectivity index (χ2n) is 9.41. The first kappa shape index (κ1) is 34.5. The molecule has 5 nitrogen and oxygen atoms in total. The van der Waals surface area contributed by atoms with Gasteiger partial charge in [0.2, 0.25) is 0 Å². The molecule has 0 radical (unpaired) electrons. The van der Waals surface area contributed by atoms with Crippen LogP contribution in [0.3, 0.4) is 0 Å². The van der Waals surface area contributed by atoms with Gasteiger partial charge in [-0.15, -0.1) is 0 Å². The van der Waals surface area contributed by atoms with Gasteiger partial charge in [0.1, 0.15) is 11.8 Å². The zero-order chi connectivity index (χ0) is 31.6. The largest absolute Gasteiger partial charge is 0.466 e. The maximum atomic E-state index is 13.0. The third-order valence-electron chi connectivity index (χ3n) is 6.48. The second kappa shape index (κ2) is 15.0. The van der Waals surface area contributed by atoms with Crippen molar-refractivity contribution in [2.45, 2.75) is 51.2 Å². The van der Waals surface area contributed by atoms with Crippen LogP contribution in [0.25, 0.3) is 0 Å². The predicted octanol–water partition coefficient (Wildman–Crippen LogP) is 7.22. The van der Waals surface area contributed by atoms with Crippen LogP contribution < -0.4 is 5.32 Å². The number of halogens is 6. The summed E-state index contributed by atoms with van der Waals surface area (Å²) in [6, 6.07) is 17.6. The zero-order valence-electron chi connectivity index (χ0n) is 23.6. The van der Waals surface area contributed by atoms with Crippen LogP contribution in [0.15, 0.2) is 72.8 Å². The summed E-state index contributed by atoms with van der Waals surface area (Å²) in [7, 11) is 1.50. The average molecular weight is 598 g/mol. The maximum absolute atomic E-state index is 13.0. The summed E-state index contributed by atoms with van der Waals surface area (Å²) in [6.45, 7) is 5.29. The van der Waals surface area contributed by atoms with Gasteiger partial charge in [-0.25, -0.2) is 0 Å². The van der Waals surface area contributed by atoms with Crippen molar-refractivity contribution < 1.29 is 45.4 Å². The monoisotopic (exact) mass is 597 g/mol. The summed E-state index contributed by atoms with van der Waals surface area (Å²) in [4.78, 5) is 22.9. The number of likely N-dealkylation sites (N-methyl/N-ethyl adjacent to an activating group) is 1. The van der Waals surface area contributed by atoms with E-state index in [1.54, 1.807) is 30.3 Å². The second-order valence-corrected chi connectivity index (χ2v) is 9.41. The van der Waals surface area contributed by atoms with Gasteiger partial charge in [0.15, 0.2) is 0 Å². The van der Waals surface area contributed by atoms with E-state index in [-0.39, 0.29) is 24.2 Å². The molecule has 0 aromatic heterocycles. The van der Waals surface area contributed by atoms with Gasteiger partial charge < -0.3 is 19.6 Å². The summed E-state index contributed by atoms with van der Waals surface area (Å²) in [5.74, 6) is -0.156. The number of rotatable bonds is 10. The Morgan fingerprint density at radius 2 is 1.43 bits per heavy atom. The topological polar surface area (TPSA) is 64.6 Å². The SMILES string of the molecule is CCOC(=O)Cc1ccccc1C.CN[C@](C=O)(CO[C@H](C)c1cc(C(F)(F)F)cc(C(F)(F)F)c1)c1ccccc1. The number of alkyl halides is 6. The lowest BCUT2D eigenvalue weighted by atomic mass is 9.92. The Morgan fingerprint density at radius 1 is 0.881 bits per heavy atom. The molecule has 42 heavy (non-hydrogen) atoms. The Morgan fingerprint density at radius 3 is 1.90 bits per heavy atom. The number of nitrogens with one attached hydrogen (secondary N) is 1. The highest BCUT2D eigenvalue weighted by atomic mass is 19.4. The Kier molecular flexibility index (Phi) is 12.3. The minimum atomic E-state index is -4.95. The van der Waals surface area contributed by atoms with Crippen molar-refractivity contribution in [2.75, 3.05) is 20.3 Å². The predicted molar refractivity (Wildman–Crippen MR) is 146 cm³/mol. The number of ether oxygens (including phenoxy) is 2. The molecule has 3 aromatic carbocycles. The molecule has 0 saturated carbocycles. The van der Waals surface area contributed by atoms with Gasteiger partial charge in [-0.2, -0.15) is 26.3 Å². The van der Waals surface area contributed by atoms with Gasteiger partial charge in [-0.3, -0.25) is 4.79 Å². The summed E-state index contributed by atoms with van der Waals surface area (Å²) >= 11 is 0. The molecule has 3 aromatic rings. The Bertz CT molecular complexity index is 1280. The fraction of sp³-hybridized carbons (Fsp3) is 0.355. The van der Waals surface area contributed by atoms with E-state index in [1.807, 2.05) is 38.1 Å². The molecule has 2 atom stereocenters. The third kappa shape index (κ3) is 9.70. The standard InChI is InChI=1S/C20H19F6NO2.C11H14O2/c1-13(29-12-18(11-28,27-2)15-6-4-3-5-7-15)14-8-16(19(21,22)23)10-17(9-14)20(24,25)26;1-3-13-11(12)8-10-7-5-4-6-9(10)2/h3-11,13,27H,12H2,1-2H3;4-7H,3,8H2,1-2H3/t13-,18-;/m1./s1. The van der Waals surface area contributed by atoms with Crippen molar-refractivity contribution in [3.05, 3.63) is 106 Å². The molecular weight excluding hydrogens is 564 g/mol. The lowest BCUT2D eigenvalue weighted by molar-refractivity contribution is -0.144. The maximum Gasteiger partial charge on any atom is 0.416 e. The third-order valence-corrected chi connectivity index (χ3v) is 6.48. The van der Waals surface area contributed by atoms with E-state index >= 15 is 0 Å². The fourth-order valence-electron chi connectivity index (χ4n) is 3.94. The van der Waals surface area contributed by atoms with Crippen molar-refractivity contribution >= 4 is 12.3 Å². The molecule has 0 bridgehead atoms. The number of benzene rings is 3. The highest BCUT2D eigenvalue weighted by molar-refractivity contribution is 5.73. The lowest BCUT2D eigenvalue weighted by Crippen LogP contribution is -2.46. The number of hydrogen-bond donors (Lipinski definition) is 1. The number of aldehydes is 1. The average Bonchev–Trinajstić information content (AvgIpc) is 2.95. The minimum Gasteiger partial charge on any atom is -0.466 e. The van der Waals surface area contributed by atoms with Gasteiger partial charge in [0.25, 0.3) is 0 Å². The molecule has 1 N–H and O–H groups in total. The molecule has 0 aliphatic rings. The molecule has 0 aliphatic heterocycles. The minimum absolute atomic E-state index is 0.0590. The van der Waals surface area contributed by atoms with E-state index in [0.717, 1.165) is 11.1 Å². The van der Waals surface area contributed by atoms with E-state index in [9.17, 15) is 35.9 Å². The van der Waals surface area contributed by atoms with E-state index in [2.05, 4.69) is 5.32 Å². The molecule has 3 rings (SSSR count). The summed E-state index contributed by atoms with van der Waals surface area (Å²) in [5.41, 5.74) is -1.71. The molecule has 0 unspecified atom stereocenters. The van der Waals surface area contributed by atoms with E-state index in [0.29, 0.717) is 37.0 Å². The van der Waals surface area contributed by atoms with Crippen LogP contribution in [-0.2, 0) is 43.4 Å². The van der Waals surface area contributed by atoms with Crippen molar-refractivity contribution in [3.8, 4) is 0 Å². The highest BCUT2D eigenvalue weighted by Crippen LogP contribution is 2.38. The molecule has 0 amide bonds. The molecule has 0 spiro atoms. The number of carbonyl (C=O) groups is 2. The van der Waals surface area contributed by atoms with Crippen molar-refractivity contribution in [1.82, 2.24) is 5.32 Å². The van der Waals surface area contributed by atoms with Crippen LogP contribution in [0.5, 0.6) is 0 Å². The van der Waals surface area contributed by atoms with E-state index in [1.165, 1.54) is 14.0 Å². The van der Waals surface area contributed by atoms with Crippen LogP contribution in [0, 0.1) is 6.92 Å². The molecular formula is C31H33F6NO4. The van der Waals surface area contributed by atoms with E-state index in [4.69, 9.17) is 9.47 Å². The van der Waals surface area contributed by atoms with Crippen LogP contribution in [0.1, 0.15) is 53.3 Å². The summed E-state index contributed by atoms with van der Waals surface area (Å²) in [6.07, 6.45) is -10.1. The summed E-state index contributed by atoms with van der Waals surface area (Å²) < 4.78 is 88.6. The Balaban J connectivity index is 0.000000395. The summed E-state index contributed by atoms with van der Waals surface area (Å²) in [5, 5.41) is 2.81. The zero-order valence-corrected chi connectivity index (χ0v) is 23.6. The number of hydrogen-bond acceptors (Lipinski definition) is 5. The first-order valence-corrected chi connectivity index (χ1v) is 13.0. The molecule has 0 heterocycles.